The Hall–Kier alpha value is -0.610. The number of rotatable bonds is 5. The standard InChI is InChI=1S/C10H22N2O2/c1-5-14-12-9(13)8(7-11)6-10(2,3)4/h8H,5-7,11H2,1-4H3,(H,12,13). The first-order chi connectivity index (χ1) is 6.40. The molecule has 0 aromatic carbocycles. The minimum Gasteiger partial charge on any atom is -0.330 e. The Kier molecular flexibility index (Phi) is 5.72. The maximum absolute atomic E-state index is 11.5. The molecule has 0 radical (unpaired) electrons. The average Bonchev–Trinajstić information content (AvgIpc) is 2.08. The molecule has 1 atom stereocenters. The van der Waals surface area contributed by atoms with Gasteiger partial charge in [0.25, 0.3) is 0 Å². The van der Waals surface area contributed by atoms with Crippen LogP contribution in [0.1, 0.15) is 34.1 Å². The molecule has 14 heavy (non-hydrogen) atoms. The molecule has 0 aromatic rings. The largest absolute Gasteiger partial charge is 0.330 e. The lowest BCUT2D eigenvalue weighted by Gasteiger charge is -2.23. The van der Waals surface area contributed by atoms with Gasteiger partial charge in [0.1, 0.15) is 0 Å². The molecule has 0 aliphatic heterocycles. The van der Waals surface area contributed by atoms with Crippen LogP contribution in [0.3, 0.4) is 0 Å². The highest BCUT2D eigenvalue weighted by molar-refractivity contribution is 5.77. The highest BCUT2D eigenvalue weighted by Gasteiger charge is 2.23. The second-order valence-electron chi connectivity index (χ2n) is 4.60. The molecule has 0 saturated heterocycles. The van der Waals surface area contributed by atoms with E-state index in [0.717, 1.165) is 6.42 Å². The second-order valence-corrected chi connectivity index (χ2v) is 4.60. The molecule has 0 fully saturated rings. The fourth-order valence-corrected chi connectivity index (χ4v) is 1.25. The normalized spacial score (nSPS) is 13.8. The molecule has 0 rings (SSSR count). The average molecular weight is 202 g/mol. The van der Waals surface area contributed by atoms with E-state index < -0.39 is 0 Å². The van der Waals surface area contributed by atoms with Crippen molar-refractivity contribution in [3.8, 4) is 0 Å². The number of nitrogens with two attached hydrogens (primary N) is 1. The van der Waals surface area contributed by atoms with Gasteiger partial charge in [-0.2, -0.15) is 0 Å². The molecular formula is C10H22N2O2. The number of hydrogen-bond acceptors (Lipinski definition) is 3. The van der Waals surface area contributed by atoms with Crippen LogP contribution >= 0.6 is 0 Å². The fraction of sp³-hybridized carbons (Fsp3) is 0.900. The smallest absolute Gasteiger partial charge is 0.247 e. The molecule has 4 heteroatoms. The molecule has 84 valence electrons. The fourth-order valence-electron chi connectivity index (χ4n) is 1.25. The van der Waals surface area contributed by atoms with Crippen molar-refractivity contribution in [1.82, 2.24) is 5.48 Å². The third-order valence-corrected chi connectivity index (χ3v) is 1.83. The lowest BCUT2D eigenvalue weighted by atomic mass is 9.84. The van der Waals surface area contributed by atoms with Crippen LogP contribution in [0.2, 0.25) is 0 Å². The molecular weight excluding hydrogens is 180 g/mol. The molecule has 0 aliphatic carbocycles. The third kappa shape index (κ3) is 5.94. The summed E-state index contributed by atoms with van der Waals surface area (Å²) in [5.74, 6) is -0.286. The molecule has 0 spiro atoms. The van der Waals surface area contributed by atoms with E-state index in [4.69, 9.17) is 10.6 Å². The number of hydroxylamine groups is 1. The summed E-state index contributed by atoms with van der Waals surface area (Å²) in [6.45, 7) is 8.91. The van der Waals surface area contributed by atoms with Crippen molar-refractivity contribution < 1.29 is 9.63 Å². The number of carbonyl (C=O) groups excluding carboxylic acids is 1. The molecule has 0 saturated carbocycles. The molecule has 0 heterocycles. The van der Waals surface area contributed by atoms with Gasteiger partial charge in [0.2, 0.25) is 5.91 Å². The van der Waals surface area contributed by atoms with Crippen LogP contribution in [0.25, 0.3) is 0 Å². The summed E-state index contributed by atoms with van der Waals surface area (Å²) >= 11 is 0. The number of amides is 1. The molecule has 0 bridgehead atoms. The van der Waals surface area contributed by atoms with Crippen LogP contribution in [-0.2, 0) is 9.63 Å². The quantitative estimate of drug-likeness (QED) is 0.655. The van der Waals surface area contributed by atoms with Crippen molar-refractivity contribution in [3.05, 3.63) is 0 Å². The minimum atomic E-state index is -0.165. The highest BCUT2D eigenvalue weighted by Crippen LogP contribution is 2.23. The molecule has 4 nitrogen and oxygen atoms in total. The zero-order valence-electron chi connectivity index (χ0n) is 9.59. The van der Waals surface area contributed by atoms with Gasteiger partial charge >= 0.3 is 0 Å². The van der Waals surface area contributed by atoms with Crippen LogP contribution in [-0.4, -0.2) is 19.1 Å². The van der Waals surface area contributed by atoms with Gasteiger partial charge in [-0.25, -0.2) is 5.48 Å². The summed E-state index contributed by atoms with van der Waals surface area (Å²) in [7, 11) is 0. The Bertz CT molecular complexity index is 175. The van der Waals surface area contributed by atoms with Crippen molar-refractivity contribution in [2.75, 3.05) is 13.2 Å². The van der Waals surface area contributed by atoms with Crippen LogP contribution in [0, 0.1) is 11.3 Å². The van der Waals surface area contributed by atoms with Gasteiger partial charge in [0, 0.05) is 6.54 Å². The Labute approximate surface area is 86.1 Å². The van der Waals surface area contributed by atoms with Crippen LogP contribution in [0.4, 0.5) is 0 Å². The predicted octanol–water partition coefficient (Wildman–Crippen LogP) is 1.07. The van der Waals surface area contributed by atoms with Gasteiger partial charge in [-0.15, -0.1) is 0 Å². The van der Waals surface area contributed by atoms with Crippen LogP contribution < -0.4 is 11.2 Å². The lowest BCUT2D eigenvalue weighted by molar-refractivity contribution is -0.138. The lowest BCUT2D eigenvalue weighted by Crippen LogP contribution is -2.37. The van der Waals surface area contributed by atoms with Crippen molar-refractivity contribution in [1.29, 1.82) is 0 Å². The Morgan fingerprint density at radius 2 is 2.07 bits per heavy atom. The molecule has 0 aliphatic rings. The van der Waals surface area contributed by atoms with Gasteiger partial charge in [-0.3, -0.25) is 9.63 Å². The van der Waals surface area contributed by atoms with Crippen LogP contribution in [0.5, 0.6) is 0 Å². The first-order valence-electron chi connectivity index (χ1n) is 5.02. The van der Waals surface area contributed by atoms with E-state index in [1.54, 1.807) is 0 Å². The van der Waals surface area contributed by atoms with Crippen molar-refractivity contribution >= 4 is 5.91 Å². The number of hydrogen-bond donors (Lipinski definition) is 2. The zero-order valence-corrected chi connectivity index (χ0v) is 9.59. The van der Waals surface area contributed by atoms with Gasteiger partial charge in [0.15, 0.2) is 0 Å². The molecule has 1 unspecified atom stereocenters. The van der Waals surface area contributed by atoms with E-state index in [9.17, 15) is 4.79 Å². The molecule has 1 amide bonds. The zero-order chi connectivity index (χ0) is 11.2. The highest BCUT2D eigenvalue weighted by atomic mass is 16.6. The summed E-state index contributed by atoms with van der Waals surface area (Å²) in [6.07, 6.45) is 0.766. The first-order valence-corrected chi connectivity index (χ1v) is 5.02. The summed E-state index contributed by atoms with van der Waals surface area (Å²) in [4.78, 5) is 16.3. The maximum Gasteiger partial charge on any atom is 0.247 e. The SMILES string of the molecule is CCONC(=O)C(CN)CC(C)(C)C. The molecule has 0 aromatic heterocycles. The summed E-state index contributed by atoms with van der Waals surface area (Å²) in [5.41, 5.74) is 8.03. The summed E-state index contributed by atoms with van der Waals surface area (Å²) < 4.78 is 0. The van der Waals surface area contributed by atoms with E-state index in [1.807, 2.05) is 6.92 Å². The summed E-state index contributed by atoms with van der Waals surface area (Å²) in [5, 5.41) is 0. The van der Waals surface area contributed by atoms with Crippen molar-refractivity contribution in [2.24, 2.45) is 17.1 Å². The number of nitrogens with one attached hydrogen (secondary N) is 1. The molecule has 3 N–H and O–H groups in total. The second kappa shape index (κ2) is 5.98. The van der Waals surface area contributed by atoms with Gasteiger partial charge in [-0.05, 0) is 18.8 Å². The van der Waals surface area contributed by atoms with Gasteiger partial charge in [0.05, 0.1) is 12.5 Å². The van der Waals surface area contributed by atoms with Crippen LogP contribution in [0.15, 0.2) is 0 Å². The van der Waals surface area contributed by atoms with Crippen molar-refractivity contribution in [3.63, 3.8) is 0 Å². The first kappa shape index (κ1) is 13.4. The number of carbonyl (C=O) groups is 1. The maximum atomic E-state index is 11.5. The van der Waals surface area contributed by atoms with Gasteiger partial charge in [-0.1, -0.05) is 20.8 Å². The Morgan fingerprint density at radius 3 is 2.43 bits per heavy atom. The van der Waals surface area contributed by atoms with E-state index in [2.05, 4.69) is 26.3 Å². The Balaban J connectivity index is 4.06. The van der Waals surface area contributed by atoms with E-state index in [-0.39, 0.29) is 17.2 Å². The monoisotopic (exact) mass is 202 g/mol. The van der Waals surface area contributed by atoms with E-state index >= 15 is 0 Å². The topological polar surface area (TPSA) is 64.3 Å². The summed E-state index contributed by atoms with van der Waals surface area (Å²) in [6, 6.07) is 0. The predicted molar refractivity (Wildman–Crippen MR) is 56.4 cm³/mol. The minimum absolute atomic E-state index is 0.105. The van der Waals surface area contributed by atoms with E-state index in [1.165, 1.54) is 0 Å². The Morgan fingerprint density at radius 1 is 1.50 bits per heavy atom. The van der Waals surface area contributed by atoms with Crippen molar-refractivity contribution in [2.45, 2.75) is 34.1 Å². The van der Waals surface area contributed by atoms with Gasteiger partial charge < -0.3 is 5.73 Å². The third-order valence-electron chi connectivity index (χ3n) is 1.83. The van der Waals surface area contributed by atoms with E-state index in [0.29, 0.717) is 13.2 Å².